The number of fused-ring (bicyclic) bond motifs is 1. The summed E-state index contributed by atoms with van der Waals surface area (Å²) < 4.78 is 0. The van der Waals surface area contributed by atoms with Crippen LogP contribution in [0.25, 0.3) is 10.9 Å². The zero-order valence-electron chi connectivity index (χ0n) is 18.1. The van der Waals surface area contributed by atoms with E-state index in [1.165, 1.54) is 38.5 Å². The summed E-state index contributed by atoms with van der Waals surface area (Å²) in [7, 11) is 0. The molecular formula is C23H30N8. The minimum atomic E-state index is 0.510. The minimum Gasteiger partial charge on any atom is -0.360 e. The number of para-hydroxylation sites is 1. The second-order valence-electron chi connectivity index (χ2n) is 8.41. The third-order valence-corrected chi connectivity index (χ3v) is 6.19. The lowest BCUT2D eigenvalue weighted by Crippen LogP contribution is -2.34. The van der Waals surface area contributed by atoms with Crippen LogP contribution in [0.5, 0.6) is 0 Å². The summed E-state index contributed by atoms with van der Waals surface area (Å²) >= 11 is 0. The van der Waals surface area contributed by atoms with Crippen molar-refractivity contribution in [2.45, 2.75) is 45.4 Å². The SMILES string of the molecule is C/C(=N/Nc1nc(N2CCCCC2)nc(N2CCCCC2)n1)c1c[nH]c2ccccc12. The number of rotatable bonds is 5. The highest BCUT2D eigenvalue weighted by Crippen LogP contribution is 2.23. The lowest BCUT2D eigenvalue weighted by molar-refractivity contribution is 0.556. The molecule has 0 radical (unpaired) electrons. The van der Waals surface area contributed by atoms with Crippen LogP contribution in [0.4, 0.5) is 17.8 Å². The van der Waals surface area contributed by atoms with Crippen LogP contribution in [-0.4, -0.2) is 51.8 Å². The van der Waals surface area contributed by atoms with Gasteiger partial charge in [0.25, 0.3) is 0 Å². The van der Waals surface area contributed by atoms with Gasteiger partial charge in [0.1, 0.15) is 0 Å². The summed E-state index contributed by atoms with van der Waals surface area (Å²) in [5, 5.41) is 5.77. The average molecular weight is 419 g/mol. The van der Waals surface area contributed by atoms with Gasteiger partial charge in [-0.15, -0.1) is 0 Å². The number of aromatic nitrogens is 4. The molecule has 2 N–H and O–H groups in total. The summed E-state index contributed by atoms with van der Waals surface area (Å²) in [6, 6.07) is 8.25. The maximum Gasteiger partial charge on any atom is 0.250 e. The fourth-order valence-electron chi connectivity index (χ4n) is 4.44. The van der Waals surface area contributed by atoms with Crippen LogP contribution < -0.4 is 15.2 Å². The predicted octanol–water partition coefficient (Wildman–Crippen LogP) is 4.17. The Labute approximate surface area is 182 Å². The summed E-state index contributed by atoms with van der Waals surface area (Å²) in [5.74, 6) is 2.03. The van der Waals surface area contributed by atoms with Crippen molar-refractivity contribution < 1.29 is 0 Å². The molecule has 162 valence electrons. The van der Waals surface area contributed by atoms with Crippen LogP contribution >= 0.6 is 0 Å². The van der Waals surface area contributed by atoms with Crippen LogP contribution in [0.1, 0.15) is 51.0 Å². The Morgan fingerprint density at radius 1 is 0.871 bits per heavy atom. The first-order valence-corrected chi connectivity index (χ1v) is 11.4. The largest absolute Gasteiger partial charge is 0.360 e. The van der Waals surface area contributed by atoms with E-state index in [-0.39, 0.29) is 0 Å². The molecule has 2 fully saturated rings. The molecule has 0 bridgehead atoms. The van der Waals surface area contributed by atoms with Crippen LogP contribution in [0.2, 0.25) is 0 Å². The predicted molar refractivity (Wildman–Crippen MR) is 126 cm³/mol. The van der Waals surface area contributed by atoms with Gasteiger partial charge in [-0.05, 0) is 51.5 Å². The molecule has 2 saturated heterocycles. The fourth-order valence-corrected chi connectivity index (χ4v) is 4.44. The average Bonchev–Trinajstić information content (AvgIpc) is 3.28. The molecule has 0 spiro atoms. The van der Waals surface area contributed by atoms with E-state index >= 15 is 0 Å². The summed E-state index contributed by atoms with van der Waals surface area (Å²) in [5.41, 5.74) is 6.18. The molecule has 8 heteroatoms. The van der Waals surface area contributed by atoms with Gasteiger partial charge in [-0.25, -0.2) is 5.43 Å². The number of hydrogen-bond acceptors (Lipinski definition) is 7. The van der Waals surface area contributed by atoms with E-state index in [0.717, 1.165) is 60.3 Å². The van der Waals surface area contributed by atoms with Crippen LogP contribution in [0.15, 0.2) is 35.6 Å². The molecule has 0 aliphatic carbocycles. The molecule has 1 aromatic carbocycles. The molecule has 2 aliphatic heterocycles. The van der Waals surface area contributed by atoms with Gasteiger partial charge in [0, 0.05) is 48.8 Å². The third-order valence-electron chi connectivity index (χ3n) is 6.19. The van der Waals surface area contributed by atoms with Crippen molar-refractivity contribution in [1.29, 1.82) is 0 Å². The van der Waals surface area contributed by atoms with Crippen molar-refractivity contribution in [1.82, 2.24) is 19.9 Å². The van der Waals surface area contributed by atoms with Gasteiger partial charge in [0.05, 0.1) is 5.71 Å². The Balaban J connectivity index is 1.43. The van der Waals surface area contributed by atoms with Gasteiger partial charge in [-0.1, -0.05) is 18.2 Å². The number of hydrazone groups is 1. The number of hydrogen-bond donors (Lipinski definition) is 2. The van der Waals surface area contributed by atoms with Gasteiger partial charge in [-0.3, -0.25) is 0 Å². The molecule has 8 nitrogen and oxygen atoms in total. The van der Waals surface area contributed by atoms with E-state index in [1.807, 2.05) is 25.3 Å². The molecule has 5 rings (SSSR count). The van der Waals surface area contributed by atoms with Crippen molar-refractivity contribution in [2.75, 3.05) is 41.4 Å². The first kappa shape index (κ1) is 19.8. The quantitative estimate of drug-likeness (QED) is 0.478. The molecule has 0 atom stereocenters. The summed E-state index contributed by atoms with van der Waals surface area (Å²) in [6.07, 6.45) is 9.30. The van der Waals surface area contributed by atoms with Crippen molar-refractivity contribution >= 4 is 34.5 Å². The van der Waals surface area contributed by atoms with Crippen LogP contribution in [0.3, 0.4) is 0 Å². The van der Waals surface area contributed by atoms with E-state index in [0.29, 0.717) is 5.95 Å². The number of aromatic amines is 1. The smallest absolute Gasteiger partial charge is 0.250 e. The van der Waals surface area contributed by atoms with E-state index in [9.17, 15) is 0 Å². The molecule has 0 saturated carbocycles. The topological polar surface area (TPSA) is 85.3 Å². The Kier molecular flexibility index (Phi) is 5.69. The molecule has 2 aromatic heterocycles. The van der Waals surface area contributed by atoms with E-state index in [2.05, 4.69) is 37.4 Å². The maximum atomic E-state index is 4.83. The standard InChI is InChI=1S/C23H30N8/c1-17(19-16-24-20-11-5-4-10-18(19)20)28-29-21-25-22(30-12-6-2-7-13-30)27-23(26-21)31-14-8-3-9-15-31/h4-5,10-11,16,24H,2-3,6-9,12-15H2,1H3,(H,25,26,27,29)/b28-17-. The number of anilines is 3. The lowest BCUT2D eigenvalue weighted by Gasteiger charge is -2.30. The van der Waals surface area contributed by atoms with Gasteiger partial charge in [0.2, 0.25) is 17.8 Å². The van der Waals surface area contributed by atoms with E-state index in [4.69, 9.17) is 15.0 Å². The van der Waals surface area contributed by atoms with Gasteiger partial charge >= 0.3 is 0 Å². The third kappa shape index (κ3) is 4.33. The Bertz CT molecular complexity index is 1020. The van der Waals surface area contributed by atoms with Crippen LogP contribution in [-0.2, 0) is 0 Å². The number of benzene rings is 1. The van der Waals surface area contributed by atoms with E-state index < -0.39 is 0 Å². The fraction of sp³-hybridized carbons (Fsp3) is 0.478. The number of H-pyrrole nitrogens is 1. The first-order chi connectivity index (χ1) is 15.3. The first-order valence-electron chi connectivity index (χ1n) is 11.4. The highest BCUT2D eigenvalue weighted by Gasteiger charge is 2.20. The zero-order chi connectivity index (χ0) is 21.0. The molecule has 4 heterocycles. The molecule has 0 unspecified atom stereocenters. The zero-order valence-corrected chi connectivity index (χ0v) is 18.1. The molecule has 3 aromatic rings. The summed E-state index contributed by atoms with van der Waals surface area (Å²) in [4.78, 5) is 22.1. The molecule has 2 aliphatic rings. The molecule has 31 heavy (non-hydrogen) atoms. The maximum absolute atomic E-state index is 4.83. The van der Waals surface area contributed by atoms with Gasteiger partial charge in [-0.2, -0.15) is 20.1 Å². The Morgan fingerprint density at radius 2 is 1.48 bits per heavy atom. The summed E-state index contributed by atoms with van der Waals surface area (Å²) in [6.45, 7) is 6.00. The van der Waals surface area contributed by atoms with Crippen LogP contribution in [0, 0.1) is 0 Å². The number of piperidine rings is 2. The van der Waals surface area contributed by atoms with Gasteiger partial charge < -0.3 is 14.8 Å². The highest BCUT2D eigenvalue weighted by molar-refractivity contribution is 6.09. The minimum absolute atomic E-state index is 0.510. The lowest BCUT2D eigenvalue weighted by atomic mass is 10.1. The number of nitrogens with zero attached hydrogens (tertiary/aromatic N) is 6. The number of nitrogens with one attached hydrogen (secondary N) is 2. The van der Waals surface area contributed by atoms with Crippen molar-refractivity contribution in [3.05, 3.63) is 36.0 Å². The Morgan fingerprint density at radius 3 is 2.13 bits per heavy atom. The monoisotopic (exact) mass is 418 g/mol. The van der Waals surface area contributed by atoms with Gasteiger partial charge in [0.15, 0.2) is 0 Å². The molecule has 0 amide bonds. The van der Waals surface area contributed by atoms with Crippen molar-refractivity contribution in [3.63, 3.8) is 0 Å². The van der Waals surface area contributed by atoms with Crippen molar-refractivity contribution in [2.24, 2.45) is 5.10 Å². The second kappa shape index (κ2) is 8.91. The molecular weight excluding hydrogens is 388 g/mol. The Hall–Kier alpha value is -3.16. The highest BCUT2D eigenvalue weighted by atomic mass is 15.4. The van der Waals surface area contributed by atoms with Crippen molar-refractivity contribution in [3.8, 4) is 0 Å². The second-order valence-corrected chi connectivity index (χ2v) is 8.41. The van der Waals surface area contributed by atoms with E-state index in [1.54, 1.807) is 0 Å². The normalized spacial score (nSPS) is 17.9.